The molecule has 0 atom stereocenters. The summed E-state index contributed by atoms with van der Waals surface area (Å²) in [5.41, 5.74) is 0.528. The molecule has 0 aromatic rings. The van der Waals surface area contributed by atoms with E-state index in [0.29, 0.717) is 0 Å². The lowest BCUT2D eigenvalue weighted by atomic mass is 10.4. The third-order valence-corrected chi connectivity index (χ3v) is 1.10. The lowest BCUT2D eigenvalue weighted by Gasteiger charge is -1.79. The number of halogens is 1. The molecule has 0 aromatic heterocycles. The van der Waals surface area contributed by atoms with Crippen molar-refractivity contribution >= 4 is 47.7 Å². The van der Waals surface area contributed by atoms with Crippen LogP contribution in [0.4, 0.5) is 0 Å². The monoisotopic (exact) mass is 324 g/mol. The van der Waals surface area contributed by atoms with Crippen LogP contribution in [-0.2, 0) is 14.4 Å². The molecule has 0 unspecified atom stereocenters. The summed E-state index contributed by atoms with van der Waals surface area (Å²) in [5, 5.41) is 23.7. The Morgan fingerprint density at radius 3 is 0.700 bits per heavy atom. The van der Waals surface area contributed by atoms with Crippen molar-refractivity contribution in [2.45, 2.75) is 20.8 Å². The Kier molecular flexibility index (Phi) is 27.1. The second-order valence-corrected chi connectivity index (χ2v) is 3.26. The summed E-state index contributed by atoms with van der Waals surface area (Å²) in [6, 6.07) is 0. The molecule has 0 saturated carbocycles. The van der Waals surface area contributed by atoms with Gasteiger partial charge < -0.3 is 15.3 Å². The van der Waals surface area contributed by atoms with Crippen molar-refractivity contribution in [3.8, 4) is 0 Å². The summed E-state index contributed by atoms with van der Waals surface area (Å²) < 4.78 is 0. The molecule has 0 heterocycles. The van der Waals surface area contributed by atoms with E-state index in [1.54, 1.807) is 0 Å². The van der Waals surface area contributed by atoms with E-state index in [2.05, 4.69) is 19.7 Å². The number of carbonyl (C=O) groups is 3. The van der Waals surface area contributed by atoms with Gasteiger partial charge in [-0.15, -0.1) is 12.4 Å². The zero-order chi connectivity index (χ0) is 15.5. The molecule has 0 spiro atoms. The standard InChI is InChI=1S/3C4H6O2.Al.ClH.3H/c3*1-3(2)4(5)6;;;;;/h3*1H2,2H3,(H,5,6);;1H;;;. The van der Waals surface area contributed by atoms with Crippen LogP contribution in [0.25, 0.3) is 0 Å². The normalized spacial score (nSPS) is 6.75. The van der Waals surface area contributed by atoms with E-state index in [0.717, 1.165) is 0 Å². The van der Waals surface area contributed by atoms with E-state index in [9.17, 15) is 14.4 Å². The van der Waals surface area contributed by atoms with Gasteiger partial charge in [0.15, 0.2) is 17.4 Å². The molecule has 6 nitrogen and oxygen atoms in total. The summed E-state index contributed by atoms with van der Waals surface area (Å²) in [4.78, 5) is 28.8. The first-order valence-corrected chi connectivity index (χ1v) is 4.59. The Balaban J connectivity index is -0.0000000536. The van der Waals surface area contributed by atoms with Crippen LogP contribution in [0.5, 0.6) is 0 Å². The molecule has 0 amide bonds. The predicted octanol–water partition coefficient (Wildman–Crippen LogP) is 1.18. The molecule has 0 rings (SSSR count). The first kappa shape index (κ1) is 31.1. The third-order valence-electron chi connectivity index (χ3n) is 1.10. The van der Waals surface area contributed by atoms with E-state index >= 15 is 0 Å². The minimum Gasteiger partial charge on any atom is -0.478 e. The minimum absolute atomic E-state index is 0. The van der Waals surface area contributed by atoms with Crippen LogP contribution in [0.1, 0.15) is 20.8 Å². The van der Waals surface area contributed by atoms with E-state index in [1.165, 1.54) is 20.8 Å². The molecule has 0 bridgehead atoms. The molecule has 0 saturated heterocycles. The zero-order valence-electron chi connectivity index (χ0n) is 11.1. The second kappa shape index (κ2) is 17.5. The third kappa shape index (κ3) is 36.0. The lowest BCUT2D eigenvalue weighted by Crippen LogP contribution is -1.92. The molecule has 0 aromatic carbocycles. The average molecular weight is 325 g/mol. The summed E-state index contributed by atoms with van der Waals surface area (Å²) >= 11 is 0. The molecule has 0 radical (unpaired) electrons. The van der Waals surface area contributed by atoms with Gasteiger partial charge in [0.05, 0.1) is 0 Å². The number of aliphatic carboxylic acids is 3. The Bertz CT molecular complexity index is 283. The fourth-order valence-electron chi connectivity index (χ4n) is 0. The maximum Gasteiger partial charge on any atom is 0.330 e. The quantitative estimate of drug-likeness (QED) is 0.531. The van der Waals surface area contributed by atoms with Crippen LogP contribution in [0.3, 0.4) is 0 Å². The molecule has 0 aliphatic heterocycles. The van der Waals surface area contributed by atoms with Crippen LogP contribution in [0.2, 0.25) is 0 Å². The highest BCUT2D eigenvalue weighted by Crippen LogP contribution is 1.82. The van der Waals surface area contributed by atoms with Gasteiger partial charge in [0.2, 0.25) is 0 Å². The molecular formula is C12H22AlClO6. The first-order valence-electron chi connectivity index (χ1n) is 4.59. The van der Waals surface area contributed by atoms with Crippen LogP contribution in [0.15, 0.2) is 36.5 Å². The van der Waals surface area contributed by atoms with Gasteiger partial charge in [-0.3, -0.25) is 0 Å². The van der Waals surface area contributed by atoms with Crippen molar-refractivity contribution in [2.75, 3.05) is 0 Å². The minimum atomic E-state index is -0.935. The van der Waals surface area contributed by atoms with Crippen LogP contribution >= 0.6 is 12.4 Å². The molecular weight excluding hydrogens is 303 g/mol. The van der Waals surface area contributed by atoms with Gasteiger partial charge in [0.25, 0.3) is 0 Å². The van der Waals surface area contributed by atoms with Gasteiger partial charge in [0, 0.05) is 16.7 Å². The maximum absolute atomic E-state index is 9.60. The van der Waals surface area contributed by atoms with Crippen molar-refractivity contribution in [3.63, 3.8) is 0 Å². The van der Waals surface area contributed by atoms with Gasteiger partial charge in [-0.25, -0.2) is 14.4 Å². The van der Waals surface area contributed by atoms with Crippen LogP contribution in [-0.4, -0.2) is 50.6 Å². The van der Waals surface area contributed by atoms with Gasteiger partial charge in [-0.2, -0.15) is 0 Å². The summed E-state index contributed by atoms with van der Waals surface area (Å²) in [6.45, 7) is 13.8. The lowest BCUT2D eigenvalue weighted by molar-refractivity contribution is -0.133. The van der Waals surface area contributed by atoms with Gasteiger partial charge in [-0.1, -0.05) is 19.7 Å². The van der Waals surface area contributed by atoms with Crippen molar-refractivity contribution in [1.82, 2.24) is 0 Å². The Morgan fingerprint density at radius 2 is 0.700 bits per heavy atom. The Labute approximate surface area is 135 Å². The molecule has 116 valence electrons. The topological polar surface area (TPSA) is 112 Å². The van der Waals surface area contributed by atoms with E-state index in [-0.39, 0.29) is 46.5 Å². The average Bonchev–Trinajstić information content (AvgIpc) is 2.18. The number of carboxylic acid groups (broad SMARTS) is 3. The number of hydrogen-bond acceptors (Lipinski definition) is 3. The highest BCUT2D eigenvalue weighted by molar-refractivity contribution is 5.86. The molecule has 0 aliphatic rings. The zero-order valence-corrected chi connectivity index (χ0v) is 11.9. The number of hydrogen-bond donors (Lipinski definition) is 3. The van der Waals surface area contributed by atoms with Crippen molar-refractivity contribution < 1.29 is 29.7 Å². The van der Waals surface area contributed by atoms with Gasteiger partial charge >= 0.3 is 17.9 Å². The highest BCUT2D eigenvalue weighted by atomic mass is 35.5. The predicted molar refractivity (Wildman–Crippen MR) is 84.5 cm³/mol. The molecule has 0 aliphatic carbocycles. The SMILES string of the molecule is C=C(C)C(=O)O.C=C(C)C(=O)O.C=C(C)C(=O)O.Cl.[AlH3]. The largest absolute Gasteiger partial charge is 0.478 e. The number of rotatable bonds is 3. The Morgan fingerprint density at radius 1 is 0.650 bits per heavy atom. The van der Waals surface area contributed by atoms with E-state index < -0.39 is 17.9 Å². The fourth-order valence-corrected chi connectivity index (χ4v) is 0. The van der Waals surface area contributed by atoms with Crippen molar-refractivity contribution in [1.29, 1.82) is 0 Å². The molecule has 8 heteroatoms. The highest BCUT2D eigenvalue weighted by Gasteiger charge is 1.91. The van der Waals surface area contributed by atoms with Crippen LogP contribution in [0, 0.1) is 0 Å². The summed E-state index contributed by atoms with van der Waals surface area (Å²) in [6.07, 6.45) is 0. The summed E-state index contributed by atoms with van der Waals surface area (Å²) in [5.74, 6) is -2.81. The molecule has 3 N–H and O–H groups in total. The fraction of sp³-hybridized carbons (Fsp3) is 0.250. The van der Waals surface area contributed by atoms with E-state index in [4.69, 9.17) is 15.3 Å². The van der Waals surface area contributed by atoms with Gasteiger partial charge in [0.1, 0.15) is 0 Å². The first-order chi connectivity index (χ1) is 7.93. The molecule has 0 fully saturated rings. The van der Waals surface area contributed by atoms with Crippen LogP contribution < -0.4 is 0 Å². The smallest absolute Gasteiger partial charge is 0.330 e. The van der Waals surface area contributed by atoms with Gasteiger partial charge in [-0.05, 0) is 20.8 Å². The van der Waals surface area contributed by atoms with Crippen molar-refractivity contribution in [2.24, 2.45) is 0 Å². The number of carboxylic acids is 3. The van der Waals surface area contributed by atoms with E-state index in [1.807, 2.05) is 0 Å². The summed E-state index contributed by atoms with van der Waals surface area (Å²) in [7, 11) is 0. The maximum atomic E-state index is 9.60. The Hall–Kier alpha value is -1.55. The molecule has 20 heavy (non-hydrogen) atoms. The van der Waals surface area contributed by atoms with Crippen molar-refractivity contribution in [3.05, 3.63) is 36.5 Å². The second-order valence-electron chi connectivity index (χ2n) is 3.26.